The molecule has 0 radical (unpaired) electrons. The molecule has 0 saturated carbocycles. The number of H-pyrrole nitrogens is 1. The summed E-state index contributed by atoms with van der Waals surface area (Å²) in [7, 11) is 1.62. The molecule has 0 saturated heterocycles. The van der Waals surface area contributed by atoms with Crippen LogP contribution < -0.4 is 20.7 Å². The number of aromatic nitrogens is 2. The zero-order valence-corrected chi connectivity index (χ0v) is 21.4. The maximum atomic E-state index is 13.5. The summed E-state index contributed by atoms with van der Waals surface area (Å²) in [6.07, 6.45) is 4.65. The second-order valence-electron chi connectivity index (χ2n) is 8.90. The number of hydrogen-bond donors (Lipinski definition) is 4. The first-order valence-electron chi connectivity index (χ1n) is 12.7. The number of benzene rings is 3. The fourth-order valence-electron chi connectivity index (χ4n) is 4.25. The molecule has 0 bridgehead atoms. The van der Waals surface area contributed by atoms with Gasteiger partial charge in [0, 0.05) is 25.5 Å². The quantitative estimate of drug-likeness (QED) is 0.200. The lowest BCUT2D eigenvalue weighted by molar-refractivity contribution is -0.132. The van der Waals surface area contributed by atoms with E-state index in [4.69, 9.17) is 4.74 Å². The van der Waals surface area contributed by atoms with Gasteiger partial charge in [-0.05, 0) is 41.7 Å². The molecule has 0 fully saturated rings. The molecule has 4 rings (SSSR count). The fraction of sp³-hybridized carbons (Fsp3) is 0.233. The lowest BCUT2D eigenvalue weighted by atomic mass is 9.90. The van der Waals surface area contributed by atoms with E-state index in [9.17, 15) is 9.59 Å². The van der Waals surface area contributed by atoms with E-state index >= 15 is 0 Å². The number of imide groups is 1. The Kier molecular flexibility index (Phi) is 9.64. The van der Waals surface area contributed by atoms with E-state index < -0.39 is 12.0 Å². The molecule has 1 heterocycles. The standard InChI is InChI=1S/C30H33N5O3/c1-38-25-16-14-22(15-17-25)21-34-26(13-8-18-31-30-32-19-20-33-30)28(36)35-29(37)27(23-9-4-2-5-10-23)24-11-6-3-7-12-24/h2-7,9-12,14-17,19-20,26-27,34H,8,13,18,21H2,1H3,(H2,31,32,33)(H,35,36,37)/t26-/m0/s1. The average Bonchev–Trinajstić information content (AvgIpc) is 3.48. The van der Waals surface area contributed by atoms with Crippen LogP contribution in [0, 0.1) is 0 Å². The lowest BCUT2D eigenvalue weighted by Crippen LogP contribution is -2.47. The summed E-state index contributed by atoms with van der Waals surface area (Å²) in [5.74, 6) is 0.159. The van der Waals surface area contributed by atoms with Crippen LogP contribution in [0.5, 0.6) is 5.75 Å². The van der Waals surface area contributed by atoms with Crippen molar-refractivity contribution in [3.8, 4) is 5.75 Å². The number of methoxy groups -OCH3 is 1. The molecule has 8 nitrogen and oxygen atoms in total. The van der Waals surface area contributed by atoms with Crippen LogP contribution in [-0.4, -0.2) is 41.5 Å². The van der Waals surface area contributed by atoms with Crippen LogP contribution in [-0.2, 0) is 16.1 Å². The molecule has 0 spiro atoms. The normalized spacial score (nSPS) is 11.6. The Hall–Kier alpha value is -4.43. The minimum absolute atomic E-state index is 0.349. The van der Waals surface area contributed by atoms with Crippen molar-refractivity contribution in [2.24, 2.45) is 0 Å². The molecular formula is C30H33N5O3. The Balaban J connectivity index is 1.44. The smallest absolute Gasteiger partial charge is 0.243 e. The predicted octanol–water partition coefficient (Wildman–Crippen LogP) is 4.24. The minimum Gasteiger partial charge on any atom is -0.497 e. The molecule has 0 unspecified atom stereocenters. The highest BCUT2D eigenvalue weighted by molar-refractivity contribution is 6.01. The third-order valence-corrected chi connectivity index (χ3v) is 6.26. The lowest BCUT2D eigenvalue weighted by Gasteiger charge is -2.21. The Morgan fingerprint density at radius 3 is 2.13 bits per heavy atom. The van der Waals surface area contributed by atoms with Crippen LogP contribution in [0.4, 0.5) is 5.95 Å². The van der Waals surface area contributed by atoms with E-state index in [1.807, 2.05) is 84.9 Å². The number of ether oxygens (including phenoxy) is 1. The summed E-state index contributed by atoms with van der Waals surface area (Å²) >= 11 is 0. The van der Waals surface area contributed by atoms with Crippen molar-refractivity contribution >= 4 is 17.8 Å². The second kappa shape index (κ2) is 13.8. The molecule has 0 aliphatic rings. The number of carbonyl (C=O) groups excluding carboxylic acids is 2. The first-order valence-corrected chi connectivity index (χ1v) is 12.7. The van der Waals surface area contributed by atoms with Gasteiger partial charge in [0.1, 0.15) is 5.75 Å². The van der Waals surface area contributed by atoms with Crippen LogP contribution in [0.15, 0.2) is 97.3 Å². The second-order valence-corrected chi connectivity index (χ2v) is 8.90. The van der Waals surface area contributed by atoms with Crippen molar-refractivity contribution in [2.45, 2.75) is 31.3 Å². The van der Waals surface area contributed by atoms with E-state index in [-0.39, 0.29) is 11.8 Å². The third kappa shape index (κ3) is 7.54. The van der Waals surface area contributed by atoms with Gasteiger partial charge in [-0.1, -0.05) is 72.8 Å². The van der Waals surface area contributed by atoms with E-state index in [0.717, 1.165) is 22.4 Å². The molecule has 8 heteroatoms. The van der Waals surface area contributed by atoms with Gasteiger partial charge in [0.2, 0.25) is 11.8 Å². The van der Waals surface area contributed by atoms with Crippen LogP contribution in [0.1, 0.15) is 35.4 Å². The van der Waals surface area contributed by atoms with E-state index in [1.54, 1.807) is 19.5 Å². The third-order valence-electron chi connectivity index (χ3n) is 6.26. The van der Waals surface area contributed by atoms with Crippen molar-refractivity contribution < 1.29 is 14.3 Å². The highest BCUT2D eigenvalue weighted by Crippen LogP contribution is 2.25. The maximum Gasteiger partial charge on any atom is 0.243 e. The highest BCUT2D eigenvalue weighted by Gasteiger charge is 2.27. The number of amides is 2. The van der Waals surface area contributed by atoms with Crippen molar-refractivity contribution in [1.82, 2.24) is 20.6 Å². The Morgan fingerprint density at radius 2 is 1.55 bits per heavy atom. The molecule has 38 heavy (non-hydrogen) atoms. The first-order chi connectivity index (χ1) is 18.6. The molecule has 4 aromatic rings. The summed E-state index contributed by atoms with van der Waals surface area (Å²) in [5, 5.41) is 9.22. The van der Waals surface area contributed by atoms with Gasteiger partial charge in [-0.3, -0.25) is 14.9 Å². The fourth-order valence-corrected chi connectivity index (χ4v) is 4.25. The first kappa shape index (κ1) is 26.6. The van der Waals surface area contributed by atoms with Gasteiger partial charge in [-0.2, -0.15) is 0 Å². The topological polar surface area (TPSA) is 108 Å². The molecule has 4 N–H and O–H groups in total. The van der Waals surface area contributed by atoms with Crippen molar-refractivity contribution in [2.75, 3.05) is 19.0 Å². The Bertz CT molecular complexity index is 1220. The van der Waals surface area contributed by atoms with Crippen molar-refractivity contribution in [3.63, 3.8) is 0 Å². The SMILES string of the molecule is COc1ccc(CN[C@@H](CCCNc2ncc[nH]2)C(=O)NC(=O)C(c2ccccc2)c2ccccc2)cc1. The summed E-state index contributed by atoms with van der Waals surface area (Å²) in [6.45, 7) is 1.11. The molecule has 3 aromatic carbocycles. The van der Waals surface area contributed by atoms with Crippen LogP contribution in [0.2, 0.25) is 0 Å². The van der Waals surface area contributed by atoms with Gasteiger partial charge in [-0.25, -0.2) is 4.98 Å². The van der Waals surface area contributed by atoms with Gasteiger partial charge >= 0.3 is 0 Å². The zero-order chi connectivity index (χ0) is 26.6. The maximum absolute atomic E-state index is 13.5. The summed E-state index contributed by atoms with van der Waals surface area (Å²) in [5.41, 5.74) is 2.67. The molecule has 2 amide bonds. The van der Waals surface area contributed by atoms with Gasteiger partial charge in [0.05, 0.1) is 19.1 Å². The summed E-state index contributed by atoms with van der Waals surface area (Å²) in [4.78, 5) is 34.1. The number of nitrogens with one attached hydrogen (secondary N) is 4. The number of rotatable bonds is 13. The number of carbonyl (C=O) groups is 2. The van der Waals surface area contributed by atoms with Crippen LogP contribution >= 0.6 is 0 Å². The Morgan fingerprint density at radius 1 is 0.895 bits per heavy atom. The number of hydrogen-bond acceptors (Lipinski definition) is 6. The molecule has 0 aliphatic carbocycles. The van der Waals surface area contributed by atoms with Gasteiger partial charge in [-0.15, -0.1) is 0 Å². The largest absolute Gasteiger partial charge is 0.497 e. The summed E-state index contributed by atoms with van der Waals surface area (Å²) < 4.78 is 5.23. The van der Waals surface area contributed by atoms with Crippen LogP contribution in [0.3, 0.4) is 0 Å². The average molecular weight is 512 g/mol. The minimum atomic E-state index is -0.593. The number of anilines is 1. The highest BCUT2D eigenvalue weighted by atomic mass is 16.5. The van der Waals surface area contributed by atoms with Crippen LogP contribution in [0.25, 0.3) is 0 Å². The van der Waals surface area contributed by atoms with E-state index in [0.29, 0.717) is 31.9 Å². The van der Waals surface area contributed by atoms with E-state index in [2.05, 4.69) is 25.9 Å². The molecule has 196 valence electrons. The van der Waals surface area contributed by atoms with Crippen molar-refractivity contribution in [3.05, 3.63) is 114 Å². The molecule has 1 atom stereocenters. The number of nitrogens with zero attached hydrogens (tertiary/aromatic N) is 1. The molecule has 0 aliphatic heterocycles. The summed E-state index contributed by atoms with van der Waals surface area (Å²) in [6, 6.07) is 26.1. The monoisotopic (exact) mass is 511 g/mol. The Labute approximate surface area is 222 Å². The molecule has 1 aromatic heterocycles. The number of imidazole rings is 1. The van der Waals surface area contributed by atoms with Gasteiger partial charge in [0.25, 0.3) is 0 Å². The van der Waals surface area contributed by atoms with Crippen molar-refractivity contribution in [1.29, 1.82) is 0 Å². The van der Waals surface area contributed by atoms with E-state index in [1.165, 1.54) is 0 Å². The van der Waals surface area contributed by atoms with Gasteiger partial charge in [0.15, 0.2) is 5.95 Å². The number of aromatic amines is 1. The zero-order valence-electron chi connectivity index (χ0n) is 21.4. The predicted molar refractivity (Wildman–Crippen MR) is 148 cm³/mol. The van der Waals surface area contributed by atoms with Gasteiger partial charge < -0.3 is 20.4 Å². The molecular weight excluding hydrogens is 478 g/mol.